The number of hydrogen-bond donors (Lipinski definition) is 0. The standard InChI is InChI=1S/C17H16/c1-12-7-6-10-15-11-16(13(2)17(12)15)14-8-4-3-5-9-14/h3-11,13H,1-2H3. The van der Waals surface area contributed by atoms with Gasteiger partial charge < -0.3 is 0 Å². The summed E-state index contributed by atoms with van der Waals surface area (Å²) in [5.41, 5.74) is 7.06. The van der Waals surface area contributed by atoms with Crippen LogP contribution in [-0.4, -0.2) is 0 Å². The number of hydrogen-bond acceptors (Lipinski definition) is 0. The molecule has 0 N–H and O–H groups in total. The van der Waals surface area contributed by atoms with Crippen LogP contribution in [0.1, 0.15) is 35.1 Å². The van der Waals surface area contributed by atoms with Gasteiger partial charge in [-0.1, -0.05) is 61.5 Å². The highest BCUT2D eigenvalue weighted by Crippen LogP contribution is 2.42. The van der Waals surface area contributed by atoms with Gasteiger partial charge in [0.1, 0.15) is 0 Å². The quantitative estimate of drug-likeness (QED) is 0.656. The number of fused-ring (bicyclic) bond motifs is 1. The number of rotatable bonds is 1. The zero-order chi connectivity index (χ0) is 11.8. The van der Waals surface area contributed by atoms with Crippen molar-refractivity contribution in [1.82, 2.24) is 0 Å². The molecule has 17 heavy (non-hydrogen) atoms. The fourth-order valence-electron chi connectivity index (χ4n) is 2.83. The minimum Gasteiger partial charge on any atom is -0.0622 e. The van der Waals surface area contributed by atoms with Crippen LogP contribution in [0.5, 0.6) is 0 Å². The van der Waals surface area contributed by atoms with Crippen LogP contribution in [0.4, 0.5) is 0 Å². The molecule has 0 saturated heterocycles. The second kappa shape index (κ2) is 3.89. The predicted octanol–water partition coefficient (Wildman–Crippen LogP) is 4.65. The Labute approximate surface area is 103 Å². The van der Waals surface area contributed by atoms with Gasteiger partial charge >= 0.3 is 0 Å². The molecule has 0 fully saturated rings. The van der Waals surface area contributed by atoms with E-state index in [0.717, 1.165) is 0 Å². The second-order valence-electron chi connectivity index (χ2n) is 4.77. The van der Waals surface area contributed by atoms with Crippen LogP contribution in [0.3, 0.4) is 0 Å². The average molecular weight is 220 g/mol. The fourth-order valence-corrected chi connectivity index (χ4v) is 2.83. The van der Waals surface area contributed by atoms with Crippen molar-refractivity contribution in [3.05, 3.63) is 70.8 Å². The molecule has 0 heterocycles. The van der Waals surface area contributed by atoms with E-state index in [0.29, 0.717) is 5.92 Å². The third-order valence-electron chi connectivity index (χ3n) is 3.68. The minimum absolute atomic E-state index is 0.508. The van der Waals surface area contributed by atoms with Crippen molar-refractivity contribution in [3.8, 4) is 0 Å². The van der Waals surface area contributed by atoms with Crippen molar-refractivity contribution in [3.63, 3.8) is 0 Å². The van der Waals surface area contributed by atoms with Crippen LogP contribution < -0.4 is 0 Å². The van der Waals surface area contributed by atoms with E-state index in [1.54, 1.807) is 0 Å². The number of allylic oxidation sites excluding steroid dienone is 1. The molecule has 84 valence electrons. The molecule has 0 nitrogen and oxygen atoms in total. The van der Waals surface area contributed by atoms with Gasteiger partial charge in [-0.15, -0.1) is 0 Å². The van der Waals surface area contributed by atoms with E-state index in [1.807, 2.05) is 0 Å². The molecule has 2 aromatic carbocycles. The first-order valence-electron chi connectivity index (χ1n) is 6.14. The van der Waals surface area contributed by atoms with Crippen LogP contribution in [0.15, 0.2) is 48.5 Å². The normalized spacial score (nSPS) is 17.8. The van der Waals surface area contributed by atoms with E-state index < -0.39 is 0 Å². The maximum atomic E-state index is 2.34. The molecular formula is C17H16. The molecule has 0 aromatic heterocycles. The van der Waals surface area contributed by atoms with Crippen molar-refractivity contribution in [2.75, 3.05) is 0 Å². The lowest BCUT2D eigenvalue weighted by Gasteiger charge is -2.13. The Kier molecular flexibility index (Phi) is 2.36. The summed E-state index contributed by atoms with van der Waals surface area (Å²) in [6.45, 7) is 4.51. The SMILES string of the molecule is Cc1cccc2c1C(C)C(c1ccccc1)=C2. The summed E-state index contributed by atoms with van der Waals surface area (Å²) in [6, 6.07) is 17.3. The van der Waals surface area contributed by atoms with Crippen LogP contribution in [0.2, 0.25) is 0 Å². The zero-order valence-corrected chi connectivity index (χ0v) is 10.3. The molecule has 2 aromatic rings. The number of benzene rings is 2. The van der Waals surface area contributed by atoms with Crippen molar-refractivity contribution in [2.45, 2.75) is 19.8 Å². The van der Waals surface area contributed by atoms with Crippen molar-refractivity contribution < 1.29 is 0 Å². The van der Waals surface area contributed by atoms with E-state index in [4.69, 9.17) is 0 Å². The zero-order valence-electron chi connectivity index (χ0n) is 10.3. The summed E-state index contributed by atoms with van der Waals surface area (Å²) in [5.74, 6) is 0.508. The molecule has 0 saturated carbocycles. The van der Waals surface area contributed by atoms with Gasteiger partial charge in [-0.2, -0.15) is 0 Å². The third-order valence-corrected chi connectivity index (χ3v) is 3.68. The van der Waals surface area contributed by atoms with E-state index in [-0.39, 0.29) is 0 Å². The van der Waals surface area contributed by atoms with E-state index in [9.17, 15) is 0 Å². The van der Waals surface area contributed by atoms with Gasteiger partial charge in [0.05, 0.1) is 0 Å². The fraction of sp³-hybridized carbons (Fsp3) is 0.176. The van der Waals surface area contributed by atoms with E-state index in [2.05, 4.69) is 68.5 Å². The molecule has 0 spiro atoms. The van der Waals surface area contributed by atoms with Crippen LogP contribution in [-0.2, 0) is 0 Å². The van der Waals surface area contributed by atoms with Gasteiger partial charge in [0, 0.05) is 5.92 Å². The lowest BCUT2D eigenvalue weighted by Crippen LogP contribution is -1.95. The first kappa shape index (κ1) is 10.3. The minimum atomic E-state index is 0.508. The molecule has 0 amide bonds. The second-order valence-corrected chi connectivity index (χ2v) is 4.77. The van der Waals surface area contributed by atoms with Gasteiger partial charge in [0.2, 0.25) is 0 Å². The largest absolute Gasteiger partial charge is 0.0622 e. The third kappa shape index (κ3) is 1.61. The summed E-state index contributed by atoms with van der Waals surface area (Å²) >= 11 is 0. The monoisotopic (exact) mass is 220 g/mol. The Hall–Kier alpha value is -1.82. The van der Waals surface area contributed by atoms with Gasteiger partial charge in [-0.05, 0) is 34.8 Å². The van der Waals surface area contributed by atoms with Crippen LogP contribution in [0.25, 0.3) is 11.6 Å². The Balaban J connectivity index is 2.11. The van der Waals surface area contributed by atoms with Gasteiger partial charge in [-0.25, -0.2) is 0 Å². The Morgan fingerprint density at radius 3 is 2.35 bits per heavy atom. The maximum absolute atomic E-state index is 2.34. The summed E-state index contributed by atoms with van der Waals surface area (Å²) in [6.07, 6.45) is 2.34. The molecule has 1 aliphatic rings. The summed E-state index contributed by atoms with van der Waals surface area (Å²) < 4.78 is 0. The Bertz CT molecular complexity index is 576. The summed E-state index contributed by atoms with van der Waals surface area (Å²) in [4.78, 5) is 0. The van der Waals surface area contributed by atoms with Crippen molar-refractivity contribution in [2.24, 2.45) is 0 Å². The predicted molar refractivity (Wildman–Crippen MR) is 73.9 cm³/mol. The molecular weight excluding hydrogens is 204 g/mol. The molecule has 1 aliphatic carbocycles. The maximum Gasteiger partial charge on any atom is 0.00757 e. The first-order chi connectivity index (χ1) is 8.27. The molecule has 0 heteroatoms. The smallest absolute Gasteiger partial charge is 0.00757 e. The molecule has 0 aliphatic heterocycles. The van der Waals surface area contributed by atoms with E-state index in [1.165, 1.54) is 27.8 Å². The van der Waals surface area contributed by atoms with Gasteiger partial charge in [0.25, 0.3) is 0 Å². The Morgan fingerprint density at radius 1 is 0.882 bits per heavy atom. The summed E-state index contributed by atoms with van der Waals surface area (Å²) in [7, 11) is 0. The van der Waals surface area contributed by atoms with Crippen molar-refractivity contribution >= 4 is 11.6 Å². The number of aryl methyl sites for hydroxylation is 1. The molecule has 1 unspecified atom stereocenters. The van der Waals surface area contributed by atoms with Crippen molar-refractivity contribution in [1.29, 1.82) is 0 Å². The topological polar surface area (TPSA) is 0 Å². The highest BCUT2D eigenvalue weighted by atomic mass is 14.3. The molecule has 3 rings (SSSR count). The first-order valence-corrected chi connectivity index (χ1v) is 6.14. The molecule has 0 radical (unpaired) electrons. The highest BCUT2D eigenvalue weighted by Gasteiger charge is 2.23. The van der Waals surface area contributed by atoms with Gasteiger partial charge in [0.15, 0.2) is 0 Å². The lowest BCUT2D eigenvalue weighted by molar-refractivity contribution is 0.991. The molecule has 0 bridgehead atoms. The van der Waals surface area contributed by atoms with E-state index >= 15 is 0 Å². The Morgan fingerprint density at radius 2 is 1.65 bits per heavy atom. The highest BCUT2D eigenvalue weighted by molar-refractivity contribution is 5.91. The van der Waals surface area contributed by atoms with Gasteiger partial charge in [-0.3, -0.25) is 0 Å². The van der Waals surface area contributed by atoms with Crippen LogP contribution in [0, 0.1) is 6.92 Å². The lowest BCUT2D eigenvalue weighted by atomic mass is 9.91. The van der Waals surface area contributed by atoms with Crippen LogP contribution >= 0.6 is 0 Å². The average Bonchev–Trinajstić information content (AvgIpc) is 2.69. The summed E-state index contributed by atoms with van der Waals surface area (Å²) in [5, 5.41) is 0. The molecule has 1 atom stereocenters.